The first kappa shape index (κ1) is 13.1. The van der Waals surface area contributed by atoms with Crippen molar-refractivity contribution < 1.29 is 4.79 Å². The van der Waals surface area contributed by atoms with E-state index in [0.717, 1.165) is 17.0 Å². The number of aromatic amines is 1. The van der Waals surface area contributed by atoms with Gasteiger partial charge in [-0.15, -0.1) is 0 Å². The SMILES string of the molecule is C/C=C\c1cc(C(C)=O)c(-c2cc[nH]c(=O)c2)n1C. The van der Waals surface area contributed by atoms with Gasteiger partial charge in [0.2, 0.25) is 5.56 Å². The zero-order valence-electron chi connectivity index (χ0n) is 11.2. The lowest BCUT2D eigenvalue weighted by Crippen LogP contribution is -2.05. The van der Waals surface area contributed by atoms with Gasteiger partial charge in [-0.3, -0.25) is 9.59 Å². The monoisotopic (exact) mass is 256 g/mol. The number of pyridine rings is 1. The maximum atomic E-state index is 11.8. The Morgan fingerprint density at radius 1 is 1.37 bits per heavy atom. The molecule has 1 N–H and O–H groups in total. The van der Waals surface area contributed by atoms with Gasteiger partial charge in [0.15, 0.2) is 5.78 Å². The van der Waals surface area contributed by atoms with Crippen molar-refractivity contribution in [2.24, 2.45) is 7.05 Å². The quantitative estimate of drug-likeness (QED) is 0.858. The Hall–Kier alpha value is -2.36. The van der Waals surface area contributed by atoms with Gasteiger partial charge in [-0.2, -0.15) is 0 Å². The number of allylic oxidation sites excluding steroid dienone is 1. The van der Waals surface area contributed by atoms with Crippen LogP contribution in [-0.2, 0) is 7.05 Å². The molecule has 4 nitrogen and oxygen atoms in total. The minimum atomic E-state index is -0.180. The summed E-state index contributed by atoms with van der Waals surface area (Å²) in [5.41, 5.74) is 2.89. The molecule has 2 heterocycles. The highest BCUT2D eigenvalue weighted by molar-refractivity contribution is 6.01. The predicted octanol–water partition coefficient (Wildman–Crippen LogP) is 2.62. The number of carbonyl (C=O) groups is 1. The fourth-order valence-electron chi connectivity index (χ4n) is 2.16. The summed E-state index contributed by atoms with van der Waals surface area (Å²) in [7, 11) is 1.89. The first-order valence-corrected chi connectivity index (χ1v) is 6.07. The van der Waals surface area contributed by atoms with Crippen LogP contribution in [0.4, 0.5) is 0 Å². The lowest BCUT2D eigenvalue weighted by Gasteiger charge is -2.07. The van der Waals surface area contributed by atoms with E-state index >= 15 is 0 Å². The van der Waals surface area contributed by atoms with E-state index in [1.54, 1.807) is 12.3 Å². The number of hydrogen-bond donors (Lipinski definition) is 1. The summed E-state index contributed by atoms with van der Waals surface area (Å²) >= 11 is 0. The molecule has 0 bridgehead atoms. The zero-order chi connectivity index (χ0) is 14.0. The van der Waals surface area contributed by atoms with E-state index in [-0.39, 0.29) is 11.3 Å². The third-order valence-electron chi connectivity index (χ3n) is 3.04. The third-order valence-corrected chi connectivity index (χ3v) is 3.04. The average molecular weight is 256 g/mol. The first-order valence-electron chi connectivity index (χ1n) is 6.07. The molecule has 0 saturated heterocycles. The van der Waals surface area contributed by atoms with E-state index in [2.05, 4.69) is 4.98 Å². The molecule has 0 aromatic carbocycles. The Morgan fingerprint density at radius 3 is 2.68 bits per heavy atom. The second-order valence-electron chi connectivity index (χ2n) is 4.39. The molecule has 2 aromatic heterocycles. The van der Waals surface area contributed by atoms with E-state index in [1.807, 2.05) is 36.8 Å². The molecule has 98 valence electrons. The van der Waals surface area contributed by atoms with Crippen LogP contribution < -0.4 is 5.56 Å². The summed E-state index contributed by atoms with van der Waals surface area (Å²) in [6.45, 7) is 3.46. The van der Waals surface area contributed by atoms with E-state index < -0.39 is 0 Å². The highest BCUT2D eigenvalue weighted by Crippen LogP contribution is 2.26. The Labute approximate surface area is 111 Å². The summed E-state index contributed by atoms with van der Waals surface area (Å²) < 4.78 is 1.92. The summed E-state index contributed by atoms with van der Waals surface area (Å²) in [4.78, 5) is 25.8. The van der Waals surface area contributed by atoms with Gasteiger partial charge in [0, 0.05) is 36.1 Å². The number of aromatic nitrogens is 2. The number of nitrogens with zero attached hydrogens (tertiary/aromatic N) is 1. The third kappa shape index (κ3) is 2.42. The van der Waals surface area contributed by atoms with Gasteiger partial charge in [-0.05, 0) is 32.1 Å². The van der Waals surface area contributed by atoms with Crippen molar-refractivity contribution in [1.82, 2.24) is 9.55 Å². The van der Waals surface area contributed by atoms with Crippen molar-refractivity contribution >= 4 is 11.9 Å². The molecule has 0 amide bonds. The lowest BCUT2D eigenvalue weighted by molar-refractivity contribution is 0.101. The lowest BCUT2D eigenvalue weighted by atomic mass is 10.1. The molecule has 0 saturated carbocycles. The van der Waals surface area contributed by atoms with Crippen LogP contribution in [0.2, 0.25) is 0 Å². The van der Waals surface area contributed by atoms with Crippen molar-refractivity contribution in [1.29, 1.82) is 0 Å². The second-order valence-corrected chi connectivity index (χ2v) is 4.39. The Morgan fingerprint density at radius 2 is 2.11 bits per heavy atom. The molecule has 0 aliphatic rings. The summed E-state index contributed by atoms with van der Waals surface area (Å²) in [5.74, 6) is -0.0124. The van der Waals surface area contributed by atoms with Gasteiger partial charge in [-0.1, -0.05) is 6.08 Å². The molecular weight excluding hydrogens is 240 g/mol. The number of carbonyl (C=O) groups excluding carboxylic acids is 1. The van der Waals surface area contributed by atoms with E-state index in [4.69, 9.17) is 0 Å². The van der Waals surface area contributed by atoms with Gasteiger partial charge < -0.3 is 9.55 Å². The molecule has 0 unspecified atom stereocenters. The molecule has 0 atom stereocenters. The topological polar surface area (TPSA) is 54.9 Å². The molecule has 2 rings (SSSR count). The highest BCUT2D eigenvalue weighted by Gasteiger charge is 2.16. The summed E-state index contributed by atoms with van der Waals surface area (Å²) in [5, 5.41) is 0. The normalized spacial score (nSPS) is 11.1. The molecule has 0 fully saturated rings. The molecule has 0 aliphatic carbocycles. The van der Waals surface area contributed by atoms with Crippen molar-refractivity contribution in [3.05, 3.63) is 52.1 Å². The fourth-order valence-corrected chi connectivity index (χ4v) is 2.16. The van der Waals surface area contributed by atoms with Crippen LogP contribution >= 0.6 is 0 Å². The van der Waals surface area contributed by atoms with E-state index in [9.17, 15) is 9.59 Å². The van der Waals surface area contributed by atoms with Gasteiger partial charge >= 0.3 is 0 Å². The maximum absolute atomic E-state index is 11.8. The number of ketones is 1. The van der Waals surface area contributed by atoms with Crippen LogP contribution in [0.5, 0.6) is 0 Å². The van der Waals surface area contributed by atoms with Gasteiger partial charge in [0.25, 0.3) is 0 Å². The van der Waals surface area contributed by atoms with Crippen LogP contribution in [0, 0.1) is 0 Å². The van der Waals surface area contributed by atoms with Crippen molar-refractivity contribution in [3.63, 3.8) is 0 Å². The molecule has 19 heavy (non-hydrogen) atoms. The van der Waals surface area contributed by atoms with Gasteiger partial charge in [0.1, 0.15) is 0 Å². The van der Waals surface area contributed by atoms with Crippen LogP contribution in [0.15, 0.2) is 35.3 Å². The number of hydrogen-bond acceptors (Lipinski definition) is 2. The Kier molecular flexibility index (Phi) is 3.51. The van der Waals surface area contributed by atoms with Crippen LogP contribution in [0.3, 0.4) is 0 Å². The Balaban J connectivity index is 2.74. The number of nitrogens with one attached hydrogen (secondary N) is 1. The number of Topliss-reactive ketones (excluding diaryl/α,β-unsaturated/α-hetero) is 1. The molecule has 4 heteroatoms. The molecule has 0 aliphatic heterocycles. The predicted molar refractivity (Wildman–Crippen MR) is 76.2 cm³/mol. The van der Waals surface area contributed by atoms with Crippen molar-refractivity contribution in [2.75, 3.05) is 0 Å². The molecule has 2 aromatic rings. The van der Waals surface area contributed by atoms with Gasteiger partial charge in [0.05, 0.1) is 5.69 Å². The average Bonchev–Trinajstić information content (AvgIpc) is 2.68. The van der Waals surface area contributed by atoms with Gasteiger partial charge in [-0.25, -0.2) is 0 Å². The Bertz CT molecular complexity index is 705. The number of H-pyrrole nitrogens is 1. The smallest absolute Gasteiger partial charge is 0.248 e. The van der Waals surface area contributed by atoms with E-state index in [0.29, 0.717) is 5.56 Å². The largest absolute Gasteiger partial charge is 0.344 e. The van der Waals surface area contributed by atoms with Crippen molar-refractivity contribution in [3.8, 4) is 11.3 Å². The van der Waals surface area contributed by atoms with Crippen molar-refractivity contribution in [2.45, 2.75) is 13.8 Å². The number of rotatable bonds is 3. The summed E-state index contributed by atoms with van der Waals surface area (Å²) in [6, 6.07) is 5.14. The minimum Gasteiger partial charge on any atom is -0.344 e. The van der Waals surface area contributed by atoms with Crippen LogP contribution in [0.1, 0.15) is 29.9 Å². The highest BCUT2D eigenvalue weighted by atomic mass is 16.1. The zero-order valence-corrected chi connectivity index (χ0v) is 11.2. The minimum absolute atomic E-state index is 0.0124. The second kappa shape index (κ2) is 5.10. The van der Waals surface area contributed by atoms with Crippen LogP contribution in [-0.4, -0.2) is 15.3 Å². The fraction of sp³-hybridized carbons (Fsp3) is 0.200. The maximum Gasteiger partial charge on any atom is 0.248 e. The molecule has 0 spiro atoms. The summed E-state index contributed by atoms with van der Waals surface area (Å²) in [6.07, 6.45) is 5.44. The van der Waals surface area contributed by atoms with E-state index in [1.165, 1.54) is 13.0 Å². The molecule has 0 radical (unpaired) electrons. The van der Waals surface area contributed by atoms with Crippen LogP contribution in [0.25, 0.3) is 17.3 Å². The first-order chi connectivity index (χ1) is 9.04. The standard InChI is InChI=1S/C15H16N2O2/c1-4-5-12-9-13(10(2)18)15(17(12)3)11-6-7-16-14(19)8-11/h4-9H,1-3H3,(H,16,19)/b5-4-. The molecular formula is C15H16N2O2.